The third-order valence-electron chi connectivity index (χ3n) is 4.04. The summed E-state index contributed by atoms with van der Waals surface area (Å²) >= 11 is 0. The number of nitrogens with one attached hydrogen (secondary N) is 1. The molecule has 14 heteroatoms. The van der Waals surface area contributed by atoms with Crippen LogP contribution in [0.2, 0.25) is 0 Å². The first kappa shape index (κ1) is 24.8. The Morgan fingerprint density at radius 1 is 1.09 bits per heavy atom. The molecule has 1 heterocycles. The van der Waals surface area contributed by atoms with E-state index in [0.717, 1.165) is 23.3 Å². The molecule has 8 nitrogen and oxygen atoms in total. The molecule has 0 unspecified atom stereocenters. The predicted molar refractivity (Wildman–Crippen MR) is 97.9 cm³/mol. The summed E-state index contributed by atoms with van der Waals surface area (Å²) in [6.07, 6.45) is -7.17. The van der Waals surface area contributed by atoms with Gasteiger partial charge in [0.05, 0.1) is 16.5 Å². The quantitative estimate of drug-likeness (QED) is 0.169. The summed E-state index contributed by atoms with van der Waals surface area (Å²) < 4.78 is 83.7. The number of rotatable bonds is 6. The molecule has 3 N–H and O–H groups in total. The van der Waals surface area contributed by atoms with Crippen LogP contribution in [0, 0.1) is 5.41 Å². The van der Waals surface area contributed by atoms with E-state index in [1.807, 2.05) is 5.43 Å². The first-order valence-corrected chi connectivity index (χ1v) is 8.70. The summed E-state index contributed by atoms with van der Waals surface area (Å²) in [4.78, 5) is 27.0. The summed E-state index contributed by atoms with van der Waals surface area (Å²) in [5.74, 6) is 3.12. The molecule has 0 aliphatic rings. The smallest absolute Gasteiger partial charge is 0.416 e. The minimum absolute atomic E-state index is 0.0111. The van der Waals surface area contributed by atoms with Crippen LogP contribution < -0.4 is 11.3 Å². The van der Waals surface area contributed by atoms with Crippen LogP contribution >= 0.6 is 0 Å². The number of ether oxygens (including phenoxy) is 1. The Morgan fingerprint density at radius 2 is 1.66 bits per heavy atom. The highest BCUT2D eigenvalue weighted by Crippen LogP contribution is 2.38. The number of esters is 1. The number of carbonyl (C=O) groups excluding carboxylic acids is 2. The molecule has 0 aliphatic heterocycles. The summed E-state index contributed by atoms with van der Waals surface area (Å²) in [6.45, 7) is 2.63. The fourth-order valence-corrected chi connectivity index (χ4v) is 2.26. The number of halogens is 6. The van der Waals surface area contributed by atoms with Crippen LogP contribution in [0.1, 0.15) is 25.0 Å². The third-order valence-corrected chi connectivity index (χ3v) is 4.04. The Balaban J connectivity index is 2.20. The minimum atomic E-state index is -5.02. The van der Waals surface area contributed by atoms with Crippen molar-refractivity contribution in [3.05, 3.63) is 41.7 Å². The molecule has 2 rings (SSSR count). The molecule has 0 aliphatic carbocycles. The van der Waals surface area contributed by atoms with E-state index in [-0.39, 0.29) is 12.7 Å². The summed E-state index contributed by atoms with van der Waals surface area (Å²) in [7, 11) is 0. The largest absolute Gasteiger partial charge is 0.461 e. The van der Waals surface area contributed by atoms with Crippen LogP contribution in [0.25, 0.3) is 17.6 Å². The van der Waals surface area contributed by atoms with Gasteiger partial charge in [0.2, 0.25) is 5.91 Å². The molecule has 1 aromatic heterocycles. The number of carbonyl (C=O) groups is 2. The standard InChI is InChI=1S/C18H17F6N5O3/c1-16(2,15(31)27-25)8-32-13(30)3-4-29-9-26-14(28-29)10-5-11(17(19,20)21)7-12(6-10)18(22,23)24/h3-7,9H,8,25H2,1-2H3,(H,27,31)/b4-3-. The minimum Gasteiger partial charge on any atom is -0.461 e. The SMILES string of the molecule is CC(C)(COC(=O)/C=C\n1cnc(-c2cc(C(F)(F)F)cc(C(F)(F)F)c2)n1)C(=O)NN. The Morgan fingerprint density at radius 3 is 2.16 bits per heavy atom. The second-order valence-electron chi connectivity index (χ2n) is 7.12. The first-order chi connectivity index (χ1) is 14.6. The van der Waals surface area contributed by atoms with Crippen molar-refractivity contribution in [3.8, 4) is 11.4 Å². The Bertz CT molecular complexity index is 995. The first-order valence-electron chi connectivity index (χ1n) is 8.70. The number of hydrogen-bond acceptors (Lipinski definition) is 6. The average Bonchev–Trinajstić information content (AvgIpc) is 3.17. The predicted octanol–water partition coefficient (Wildman–Crippen LogP) is 3.01. The van der Waals surface area contributed by atoms with Gasteiger partial charge in [-0.1, -0.05) is 0 Å². The molecule has 0 spiro atoms. The van der Waals surface area contributed by atoms with Gasteiger partial charge in [-0.3, -0.25) is 10.2 Å². The highest BCUT2D eigenvalue weighted by Gasteiger charge is 2.37. The summed E-state index contributed by atoms with van der Waals surface area (Å²) in [6, 6.07) is 0.956. The molecule has 174 valence electrons. The van der Waals surface area contributed by atoms with Gasteiger partial charge in [-0.05, 0) is 32.0 Å². The number of nitrogens with two attached hydrogens (primary N) is 1. The van der Waals surface area contributed by atoms with E-state index >= 15 is 0 Å². The second kappa shape index (κ2) is 8.98. The average molecular weight is 465 g/mol. The highest BCUT2D eigenvalue weighted by molar-refractivity contribution is 5.86. The lowest BCUT2D eigenvalue weighted by atomic mass is 9.94. The van der Waals surface area contributed by atoms with Crippen molar-refractivity contribution in [2.75, 3.05) is 6.61 Å². The molecule has 0 bridgehead atoms. The molecule has 32 heavy (non-hydrogen) atoms. The molecule has 1 amide bonds. The maximum absolute atomic E-state index is 13.0. The topological polar surface area (TPSA) is 112 Å². The Hall–Kier alpha value is -3.42. The van der Waals surface area contributed by atoms with Crippen molar-refractivity contribution < 1.29 is 40.7 Å². The van der Waals surface area contributed by atoms with Crippen LogP contribution in [0.3, 0.4) is 0 Å². The third kappa shape index (κ3) is 6.29. The normalized spacial score (nSPS) is 12.8. The molecule has 0 fully saturated rings. The monoisotopic (exact) mass is 465 g/mol. The van der Waals surface area contributed by atoms with Crippen molar-refractivity contribution >= 4 is 18.1 Å². The van der Waals surface area contributed by atoms with E-state index in [9.17, 15) is 35.9 Å². The van der Waals surface area contributed by atoms with E-state index in [4.69, 9.17) is 10.6 Å². The van der Waals surface area contributed by atoms with Gasteiger partial charge < -0.3 is 4.74 Å². The maximum atomic E-state index is 13.0. The van der Waals surface area contributed by atoms with Crippen LogP contribution in [-0.4, -0.2) is 33.2 Å². The van der Waals surface area contributed by atoms with Gasteiger partial charge >= 0.3 is 18.3 Å². The van der Waals surface area contributed by atoms with Gasteiger partial charge in [0.25, 0.3) is 0 Å². The lowest BCUT2D eigenvalue weighted by Gasteiger charge is -2.21. The maximum Gasteiger partial charge on any atom is 0.416 e. The molecule has 2 aromatic rings. The van der Waals surface area contributed by atoms with Gasteiger partial charge in [-0.2, -0.15) is 26.3 Å². The van der Waals surface area contributed by atoms with E-state index in [2.05, 4.69) is 10.1 Å². The van der Waals surface area contributed by atoms with Crippen LogP contribution in [-0.2, 0) is 26.7 Å². The Labute approximate surface area is 177 Å². The number of nitrogens with zero attached hydrogens (tertiary/aromatic N) is 3. The lowest BCUT2D eigenvalue weighted by Crippen LogP contribution is -2.43. The van der Waals surface area contributed by atoms with Crippen LogP contribution in [0.5, 0.6) is 0 Å². The van der Waals surface area contributed by atoms with Crippen molar-refractivity contribution in [1.82, 2.24) is 20.2 Å². The molecule has 0 saturated heterocycles. The number of aromatic nitrogens is 3. The van der Waals surface area contributed by atoms with E-state index in [0.29, 0.717) is 12.1 Å². The number of alkyl halides is 6. The molecular weight excluding hydrogens is 448 g/mol. The molecule has 1 aromatic carbocycles. The molecular formula is C18H17F6N5O3. The van der Waals surface area contributed by atoms with Gasteiger partial charge in [0.15, 0.2) is 5.82 Å². The lowest BCUT2D eigenvalue weighted by molar-refractivity contribution is -0.145. The number of hydrazine groups is 1. The van der Waals surface area contributed by atoms with Gasteiger partial charge in [-0.15, -0.1) is 5.10 Å². The summed E-state index contributed by atoms with van der Waals surface area (Å²) in [5, 5.41) is 3.74. The highest BCUT2D eigenvalue weighted by atomic mass is 19.4. The van der Waals surface area contributed by atoms with Crippen molar-refractivity contribution in [1.29, 1.82) is 0 Å². The van der Waals surface area contributed by atoms with Crippen molar-refractivity contribution in [3.63, 3.8) is 0 Å². The zero-order valence-electron chi connectivity index (χ0n) is 16.6. The van der Waals surface area contributed by atoms with Gasteiger partial charge in [0, 0.05) is 17.8 Å². The number of hydrogen-bond donors (Lipinski definition) is 2. The number of benzene rings is 1. The van der Waals surface area contributed by atoms with Gasteiger partial charge in [0.1, 0.15) is 12.9 Å². The number of amides is 1. The van der Waals surface area contributed by atoms with E-state index < -0.39 is 52.2 Å². The second-order valence-corrected chi connectivity index (χ2v) is 7.12. The van der Waals surface area contributed by atoms with E-state index in [1.54, 1.807) is 0 Å². The zero-order chi connectivity index (χ0) is 24.3. The molecule has 0 atom stereocenters. The molecule has 0 radical (unpaired) electrons. The van der Waals surface area contributed by atoms with E-state index in [1.165, 1.54) is 13.8 Å². The zero-order valence-corrected chi connectivity index (χ0v) is 16.6. The van der Waals surface area contributed by atoms with Gasteiger partial charge in [-0.25, -0.2) is 20.3 Å². The Kier molecular flexibility index (Phi) is 6.97. The fraction of sp³-hybridized carbons (Fsp3) is 0.333. The van der Waals surface area contributed by atoms with Crippen LogP contribution in [0.4, 0.5) is 26.3 Å². The fourth-order valence-electron chi connectivity index (χ4n) is 2.26. The molecule has 0 saturated carbocycles. The van der Waals surface area contributed by atoms with Crippen molar-refractivity contribution in [2.45, 2.75) is 26.2 Å². The van der Waals surface area contributed by atoms with Crippen LogP contribution in [0.15, 0.2) is 30.6 Å². The van der Waals surface area contributed by atoms with Crippen molar-refractivity contribution in [2.24, 2.45) is 11.3 Å². The summed E-state index contributed by atoms with van der Waals surface area (Å²) in [5.41, 5.74) is -2.73.